The SMILES string of the molecule is CN1C(=O)CN(c2cc(CN)cc3cc(C4CC4)cnc23)C1=O. The van der Waals surface area contributed by atoms with Crippen molar-refractivity contribution in [3.63, 3.8) is 0 Å². The zero-order valence-electron chi connectivity index (χ0n) is 13.0. The normalized spacial score (nSPS) is 18.3. The van der Waals surface area contributed by atoms with Crippen LogP contribution in [-0.4, -0.2) is 35.4 Å². The highest BCUT2D eigenvalue weighted by molar-refractivity contribution is 6.14. The molecular formula is C17H18N4O2. The smallest absolute Gasteiger partial charge is 0.326 e. The van der Waals surface area contributed by atoms with Crippen LogP contribution in [0.15, 0.2) is 24.4 Å². The third kappa shape index (κ3) is 2.26. The quantitative estimate of drug-likeness (QED) is 0.879. The summed E-state index contributed by atoms with van der Waals surface area (Å²) in [5.74, 6) is 0.397. The Hall–Kier alpha value is -2.47. The van der Waals surface area contributed by atoms with Crippen LogP contribution in [-0.2, 0) is 11.3 Å². The Balaban J connectivity index is 1.87. The molecule has 23 heavy (non-hydrogen) atoms. The van der Waals surface area contributed by atoms with Crippen LogP contribution in [0.3, 0.4) is 0 Å². The van der Waals surface area contributed by atoms with Crippen LogP contribution in [0, 0.1) is 0 Å². The number of carbonyl (C=O) groups is 2. The Morgan fingerprint density at radius 2 is 2.04 bits per heavy atom. The van der Waals surface area contributed by atoms with Crippen LogP contribution < -0.4 is 10.6 Å². The van der Waals surface area contributed by atoms with E-state index in [0.29, 0.717) is 18.2 Å². The summed E-state index contributed by atoms with van der Waals surface area (Å²) in [5.41, 5.74) is 9.37. The van der Waals surface area contributed by atoms with Crippen LogP contribution in [0.5, 0.6) is 0 Å². The molecular weight excluding hydrogens is 292 g/mol. The summed E-state index contributed by atoms with van der Waals surface area (Å²) in [6, 6.07) is 5.69. The van der Waals surface area contributed by atoms with Crippen LogP contribution in [0.4, 0.5) is 10.5 Å². The standard InChI is InChI=1S/C17H18N4O2/c1-20-15(22)9-21(17(20)23)14-5-10(7-18)4-12-6-13(11-2-3-11)8-19-16(12)14/h4-6,8,11H,2-3,7,9,18H2,1H3. The average Bonchev–Trinajstić information content (AvgIpc) is 3.38. The van der Waals surface area contributed by atoms with Gasteiger partial charge in [-0.25, -0.2) is 4.79 Å². The van der Waals surface area contributed by atoms with Crippen molar-refractivity contribution in [2.45, 2.75) is 25.3 Å². The van der Waals surface area contributed by atoms with Gasteiger partial charge in [0.2, 0.25) is 5.91 Å². The molecule has 4 rings (SSSR count). The van der Waals surface area contributed by atoms with Crippen LogP contribution in [0.1, 0.15) is 29.9 Å². The van der Waals surface area contributed by atoms with E-state index in [1.165, 1.54) is 30.4 Å². The number of aromatic nitrogens is 1. The van der Waals surface area contributed by atoms with E-state index in [2.05, 4.69) is 11.1 Å². The minimum Gasteiger partial charge on any atom is -0.326 e. The van der Waals surface area contributed by atoms with Gasteiger partial charge in [-0.15, -0.1) is 0 Å². The zero-order valence-corrected chi connectivity index (χ0v) is 13.0. The molecule has 1 aliphatic heterocycles. The number of pyridine rings is 1. The molecule has 2 aromatic rings. The van der Waals surface area contributed by atoms with Gasteiger partial charge in [0.25, 0.3) is 0 Å². The number of nitrogens with two attached hydrogens (primary N) is 1. The summed E-state index contributed by atoms with van der Waals surface area (Å²) in [6.45, 7) is 0.424. The molecule has 0 unspecified atom stereocenters. The average molecular weight is 310 g/mol. The van der Waals surface area contributed by atoms with Gasteiger partial charge in [0.15, 0.2) is 0 Å². The number of amides is 3. The van der Waals surface area contributed by atoms with Gasteiger partial charge >= 0.3 is 6.03 Å². The number of hydrogen-bond donors (Lipinski definition) is 1. The van der Waals surface area contributed by atoms with E-state index in [-0.39, 0.29) is 18.5 Å². The second kappa shape index (κ2) is 5.03. The van der Waals surface area contributed by atoms with E-state index in [1.807, 2.05) is 18.3 Å². The minimum absolute atomic E-state index is 0.0461. The molecule has 0 atom stereocenters. The summed E-state index contributed by atoms with van der Waals surface area (Å²) >= 11 is 0. The molecule has 0 bridgehead atoms. The van der Waals surface area contributed by atoms with Gasteiger partial charge in [-0.05, 0) is 48.1 Å². The number of benzene rings is 1. The lowest BCUT2D eigenvalue weighted by Crippen LogP contribution is -2.30. The summed E-state index contributed by atoms with van der Waals surface area (Å²) in [4.78, 5) is 31.3. The lowest BCUT2D eigenvalue weighted by Gasteiger charge is -2.18. The van der Waals surface area contributed by atoms with Crippen molar-refractivity contribution in [2.24, 2.45) is 5.73 Å². The van der Waals surface area contributed by atoms with Gasteiger partial charge < -0.3 is 5.73 Å². The summed E-state index contributed by atoms with van der Waals surface area (Å²) in [6.07, 6.45) is 4.30. The van der Waals surface area contributed by atoms with Crippen molar-refractivity contribution in [3.05, 3.63) is 35.5 Å². The second-order valence-electron chi connectivity index (χ2n) is 6.26. The van der Waals surface area contributed by atoms with Crippen molar-refractivity contribution >= 4 is 28.5 Å². The fourth-order valence-electron chi connectivity index (χ4n) is 3.06. The third-order valence-electron chi connectivity index (χ3n) is 4.60. The molecule has 2 N–H and O–H groups in total. The number of carbonyl (C=O) groups excluding carboxylic acids is 2. The molecule has 3 amide bonds. The first kappa shape index (κ1) is 14.1. The predicted molar refractivity (Wildman–Crippen MR) is 87.1 cm³/mol. The number of urea groups is 1. The van der Waals surface area contributed by atoms with Gasteiger partial charge in [0.05, 0.1) is 11.2 Å². The molecule has 6 nitrogen and oxygen atoms in total. The minimum atomic E-state index is -0.321. The van der Waals surface area contributed by atoms with E-state index in [4.69, 9.17) is 5.73 Å². The van der Waals surface area contributed by atoms with E-state index in [1.54, 1.807) is 0 Å². The fourth-order valence-corrected chi connectivity index (χ4v) is 3.06. The topological polar surface area (TPSA) is 79.5 Å². The number of rotatable bonds is 3. The molecule has 2 fully saturated rings. The van der Waals surface area contributed by atoms with E-state index >= 15 is 0 Å². The summed E-state index contributed by atoms with van der Waals surface area (Å²) in [7, 11) is 1.50. The Labute approximate surface area is 133 Å². The Morgan fingerprint density at radius 1 is 1.26 bits per heavy atom. The van der Waals surface area contributed by atoms with Crippen LogP contribution in [0.25, 0.3) is 10.9 Å². The molecule has 0 spiro atoms. The maximum atomic E-state index is 12.3. The molecule has 6 heteroatoms. The van der Waals surface area contributed by atoms with Crippen molar-refractivity contribution in [3.8, 4) is 0 Å². The monoisotopic (exact) mass is 310 g/mol. The van der Waals surface area contributed by atoms with Crippen molar-refractivity contribution in [1.29, 1.82) is 0 Å². The molecule has 2 heterocycles. The molecule has 2 aliphatic rings. The van der Waals surface area contributed by atoms with Crippen molar-refractivity contribution in [2.75, 3.05) is 18.5 Å². The molecule has 1 saturated heterocycles. The lowest BCUT2D eigenvalue weighted by atomic mass is 10.0. The highest BCUT2D eigenvalue weighted by Gasteiger charge is 2.35. The maximum absolute atomic E-state index is 12.3. The van der Waals surface area contributed by atoms with E-state index < -0.39 is 0 Å². The number of nitrogens with zero attached hydrogens (tertiary/aromatic N) is 3. The molecule has 1 aromatic carbocycles. The molecule has 118 valence electrons. The van der Waals surface area contributed by atoms with Gasteiger partial charge in [-0.3, -0.25) is 19.6 Å². The molecule has 1 aliphatic carbocycles. The first-order valence-corrected chi connectivity index (χ1v) is 7.79. The van der Waals surface area contributed by atoms with E-state index in [9.17, 15) is 9.59 Å². The second-order valence-corrected chi connectivity index (χ2v) is 6.26. The molecule has 1 aromatic heterocycles. The van der Waals surface area contributed by atoms with Crippen LogP contribution in [0.2, 0.25) is 0 Å². The third-order valence-corrected chi connectivity index (χ3v) is 4.60. The summed E-state index contributed by atoms with van der Waals surface area (Å²) in [5, 5.41) is 0.974. The van der Waals surface area contributed by atoms with E-state index in [0.717, 1.165) is 21.4 Å². The Morgan fingerprint density at radius 3 is 2.65 bits per heavy atom. The largest absolute Gasteiger partial charge is 0.331 e. The first-order valence-electron chi connectivity index (χ1n) is 7.79. The highest BCUT2D eigenvalue weighted by Crippen LogP contribution is 2.41. The fraction of sp³-hybridized carbons (Fsp3) is 0.353. The molecule has 1 saturated carbocycles. The molecule has 0 radical (unpaired) electrons. The Bertz CT molecular complexity index is 829. The van der Waals surface area contributed by atoms with Crippen molar-refractivity contribution in [1.82, 2.24) is 9.88 Å². The zero-order chi connectivity index (χ0) is 16.1. The number of imide groups is 1. The highest BCUT2D eigenvalue weighted by atomic mass is 16.2. The lowest BCUT2D eigenvalue weighted by molar-refractivity contribution is -0.123. The number of anilines is 1. The van der Waals surface area contributed by atoms with Gasteiger partial charge in [0.1, 0.15) is 6.54 Å². The van der Waals surface area contributed by atoms with Gasteiger partial charge in [0, 0.05) is 25.2 Å². The van der Waals surface area contributed by atoms with Crippen molar-refractivity contribution < 1.29 is 9.59 Å². The predicted octanol–water partition coefficient (Wildman–Crippen LogP) is 1.97. The number of fused-ring (bicyclic) bond motifs is 1. The number of likely N-dealkylation sites (N-methyl/N-ethyl adjacent to an activating group) is 1. The summed E-state index contributed by atoms with van der Waals surface area (Å²) < 4.78 is 0. The maximum Gasteiger partial charge on any atom is 0.331 e. The van der Waals surface area contributed by atoms with Gasteiger partial charge in [-0.2, -0.15) is 0 Å². The number of hydrogen-bond acceptors (Lipinski definition) is 4. The Kier molecular flexibility index (Phi) is 3.09. The first-order chi connectivity index (χ1) is 11.1. The van der Waals surface area contributed by atoms with Gasteiger partial charge in [-0.1, -0.05) is 0 Å². The van der Waals surface area contributed by atoms with Crippen LogP contribution >= 0.6 is 0 Å².